The molecule has 0 saturated carbocycles. The smallest absolute Gasteiger partial charge is 0.243 e. The molecule has 132 valence electrons. The molecule has 0 spiro atoms. The highest BCUT2D eigenvalue weighted by Gasteiger charge is 2.30. The fourth-order valence-electron chi connectivity index (χ4n) is 2.98. The lowest BCUT2D eigenvalue weighted by Gasteiger charge is -2.34. The summed E-state index contributed by atoms with van der Waals surface area (Å²) in [4.78, 5) is 30.9. The van der Waals surface area contributed by atoms with Gasteiger partial charge in [0.25, 0.3) is 0 Å². The van der Waals surface area contributed by atoms with Crippen LogP contribution in [0, 0.1) is 5.92 Å². The zero-order chi connectivity index (χ0) is 17.6. The Bertz CT molecular complexity index is 697. The molecule has 0 aliphatic carbocycles. The fourth-order valence-corrected chi connectivity index (χ4v) is 3.51. The summed E-state index contributed by atoms with van der Waals surface area (Å²) >= 11 is 1.41. The van der Waals surface area contributed by atoms with Crippen molar-refractivity contribution in [2.24, 2.45) is 5.92 Å². The summed E-state index contributed by atoms with van der Waals surface area (Å²) in [5.41, 5.74) is 0.825. The normalized spacial score (nSPS) is 17.0. The number of carbonyl (C=O) groups is 2. The maximum absolute atomic E-state index is 12.4. The number of nitrogens with zero attached hydrogens (tertiary/aromatic N) is 2. The van der Waals surface area contributed by atoms with Crippen molar-refractivity contribution in [3.05, 3.63) is 41.9 Å². The van der Waals surface area contributed by atoms with Gasteiger partial charge >= 0.3 is 0 Å². The monoisotopic (exact) mass is 358 g/mol. The molecule has 2 aromatic rings. The van der Waals surface area contributed by atoms with Gasteiger partial charge in [0.05, 0.1) is 6.04 Å². The highest BCUT2D eigenvalue weighted by molar-refractivity contribution is 7.13. The number of amides is 2. The zero-order valence-electron chi connectivity index (χ0n) is 14.1. The Kier molecular flexibility index (Phi) is 5.78. The van der Waals surface area contributed by atoms with Gasteiger partial charge in [0.1, 0.15) is 0 Å². The summed E-state index contributed by atoms with van der Waals surface area (Å²) in [5.74, 6) is -0.00134. The number of benzene rings is 1. The first-order valence-corrected chi connectivity index (χ1v) is 9.32. The molecule has 6 nitrogen and oxygen atoms in total. The molecule has 1 fully saturated rings. The molecule has 1 aliphatic rings. The fraction of sp³-hybridized carbons (Fsp3) is 0.389. The van der Waals surface area contributed by atoms with Gasteiger partial charge in [-0.15, -0.1) is 11.3 Å². The van der Waals surface area contributed by atoms with Crippen LogP contribution in [0.2, 0.25) is 0 Å². The summed E-state index contributed by atoms with van der Waals surface area (Å²) in [7, 11) is 0. The van der Waals surface area contributed by atoms with Crippen molar-refractivity contribution in [3.8, 4) is 0 Å². The van der Waals surface area contributed by atoms with Gasteiger partial charge in [0, 0.05) is 23.2 Å². The van der Waals surface area contributed by atoms with Gasteiger partial charge in [0.15, 0.2) is 5.13 Å². The summed E-state index contributed by atoms with van der Waals surface area (Å²) in [6, 6.07) is 9.27. The number of likely N-dealkylation sites (tertiary alicyclic amines) is 1. The van der Waals surface area contributed by atoms with Gasteiger partial charge in [-0.05, 0) is 45.0 Å². The lowest BCUT2D eigenvalue weighted by molar-refractivity contribution is -0.123. The van der Waals surface area contributed by atoms with Crippen molar-refractivity contribution in [1.29, 1.82) is 0 Å². The van der Waals surface area contributed by atoms with Gasteiger partial charge in [0.2, 0.25) is 11.8 Å². The van der Waals surface area contributed by atoms with Crippen molar-refractivity contribution in [2.45, 2.75) is 25.8 Å². The van der Waals surface area contributed by atoms with E-state index in [2.05, 4.69) is 20.5 Å². The molecular weight excluding hydrogens is 336 g/mol. The average Bonchev–Trinajstić information content (AvgIpc) is 3.15. The van der Waals surface area contributed by atoms with Crippen LogP contribution in [0.1, 0.15) is 19.8 Å². The van der Waals surface area contributed by atoms with E-state index in [1.807, 2.05) is 42.6 Å². The Labute approximate surface area is 151 Å². The van der Waals surface area contributed by atoms with Crippen LogP contribution in [-0.2, 0) is 9.59 Å². The second kappa shape index (κ2) is 8.22. The molecule has 2 heterocycles. The number of rotatable bonds is 5. The third-order valence-corrected chi connectivity index (χ3v) is 5.22. The van der Waals surface area contributed by atoms with Crippen LogP contribution in [0.4, 0.5) is 10.8 Å². The quantitative estimate of drug-likeness (QED) is 0.862. The first kappa shape index (κ1) is 17.6. The largest absolute Gasteiger partial charge is 0.326 e. The Balaban J connectivity index is 1.47. The average molecular weight is 358 g/mol. The van der Waals surface area contributed by atoms with E-state index < -0.39 is 0 Å². The van der Waals surface area contributed by atoms with Crippen LogP contribution in [-0.4, -0.2) is 40.8 Å². The molecule has 7 heteroatoms. The number of hydrogen-bond donors (Lipinski definition) is 2. The number of carbonyl (C=O) groups excluding carboxylic acids is 2. The number of para-hydroxylation sites is 1. The second-order valence-electron chi connectivity index (χ2n) is 6.17. The van der Waals surface area contributed by atoms with Crippen LogP contribution in [0.5, 0.6) is 0 Å². The number of nitrogens with one attached hydrogen (secondary N) is 2. The maximum atomic E-state index is 12.4. The first-order valence-electron chi connectivity index (χ1n) is 8.44. The molecule has 0 bridgehead atoms. The SMILES string of the molecule is C[C@H](C(=O)Nc1nccs1)N1CCC(C(=O)Nc2ccccc2)CC1. The second-order valence-corrected chi connectivity index (χ2v) is 7.06. The van der Waals surface area contributed by atoms with Crippen molar-refractivity contribution in [3.63, 3.8) is 0 Å². The summed E-state index contributed by atoms with van der Waals surface area (Å²) in [6.07, 6.45) is 3.18. The predicted molar refractivity (Wildman–Crippen MR) is 99.6 cm³/mol. The van der Waals surface area contributed by atoms with Crippen molar-refractivity contribution >= 4 is 34.0 Å². The Morgan fingerprint density at radius 2 is 1.92 bits per heavy atom. The van der Waals surface area contributed by atoms with E-state index in [9.17, 15) is 9.59 Å². The lowest BCUT2D eigenvalue weighted by atomic mass is 9.94. The standard InChI is InChI=1S/C18H22N4O2S/c1-13(16(23)21-18-19-9-12-25-18)22-10-7-14(8-11-22)17(24)20-15-5-3-2-4-6-15/h2-6,9,12-14H,7-8,10-11H2,1H3,(H,20,24)(H,19,21,23)/t13-/m1/s1. The number of piperidine rings is 1. The van der Waals surface area contributed by atoms with Gasteiger partial charge in [-0.25, -0.2) is 4.98 Å². The number of thiazole rings is 1. The number of hydrogen-bond acceptors (Lipinski definition) is 5. The van der Waals surface area contributed by atoms with Crippen LogP contribution >= 0.6 is 11.3 Å². The van der Waals surface area contributed by atoms with Crippen LogP contribution in [0.3, 0.4) is 0 Å². The highest BCUT2D eigenvalue weighted by Crippen LogP contribution is 2.21. The molecular formula is C18H22N4O2S. The summed E-state index contributed by atoms with van der Waals surface area (Å²) < 4.78 is 0. The van der Waals surface area contributed by atoms with E-state index in [0.717, 1.165) is 31.6 Å². The molecule has 25 heavy (non-hydrogen) atoms. The van der Waals surface area contributed by atoms with Crippen LogP contribution < -0.4 is 10.6 Å². The molecule has 1 aromatic carbocycles. The van der Waals surface area contributed by atoms with E-state index in [-0.39, 0.29) is 23.8 Å². The first-order chi connectivity index (χ1) is 12.1. The Hall–Kier alpha value is -2.25. The van der Waals surface area contributed by atoms with Gasteiger partial charge in [-0.2, -0.15) is 0 Å². The molecule has 3 rings (SSSR count). The molecule has 0 unspecified atom stereocenters. The maximum Gasteiger partial charge on any atom is 0.243 e. The highest BCUT2D eigenvalue weighted by atomic mass is 32.1. The molecule has 0 radical (unpaired) electrons. The zero-order valence-corrected chi connectivity index (χ0v) is 15.0. The van der Waals surface area contributed by atoms with Gasteiger partial charge < -0.3 is 10.6 Å². The number of aromatic nitrogens is 1. The van der Waals surface area contributed by atoms with E-state index in [0.29, 0.717) is 5.13 Å². The van der Waals surface area contributed by atoms with Gasteiger partial charge in [-0.1, -0.05) is 18.2 Å². The van der Waals surface area contributed by atoms with E-state index in [1.54, 1.807) is 6.20 Å². The van der Waals surface area contributed by atoms with Crippen LogP contribution in [0.25, 0.3) is 0 Å². The minimum atomic E-state index is -0.234. The molecule has 1 saturated heterocycles. The molecule has 1 aliphatic heterocycles. The molecule has 1 aromatic heterocycles. The topological polar surface area (TPSA) is 74.3 Å². The molecule has 2 N–H and O–H groups in total. The summed E-state index contributed by atoms with van der Waals surface area (Å²) in [6.45, 7) is 3.37. The minimum Gasteiger partial charge on any atom is -0.326 e. The number of anilines is 2. The van der Waals surface area contributed by atoms with Crippen LogP contribution in [0.15, 0.2) is 41.9 Å². The third kappa shape index (κ3) is 4.64. The van der Waals surface area contributed by atoms with Crippen molar-refractivity contribution < 1.29 is 9.59 Å². The molecule has 2 amide bonds. The van der Waals surface area contributed by atoms with Crippen molar-refractivity contribution in [2.75, 3.05) is 23.7 Å². The predicted octanol–water partition coefficient (Wildman–Crippen LogP) is 2.82. The Morgan fingerprint density at radius 3 is 2.56 bits per heavy atom. The third-order valence-electron chi connectivity index (χ3n) is 4.53. The minimum absolute atomic E-state index is 0.00863. The van der Waals surface area contributed by atoms with E-state index in [4.69, 9.17) is 0 Å². The lowest BCUT2D eigenvalue weighted by Crippen LogP contribution is -2.47. The molecule has 1 atom stereocenters. The van der Waals surface area contributed by atoms with Gasteiger partial charge in [-0.3, -0.25) is 14.5 Å². The summed E-state index contributed by atoms with van der Waals surface area (Å²) in [5, 5.41) is 8.25. The van der Waals surface area contributed by atoms with E-state index >= 15 is 0 Å². The Morgan fingerprint density at radius 1 is 1.20 bits per heavy atom. The van der Waals surface area contributed by atoms with E-state index in [1.165, 1.54) is 11.3 Å². The van der Waals surface area contributed by atoms with Crippen molar-refractivity contribution in [1.82, 2.24) is 9.88 Å².